The highest BCUT2D eigenvalue weighted by Crippen LogP contribution is 2.22. The molecular formula is C13H16N6O. The molecule has 0 N–H and O–H groups in total. The van der Waals surface area contributed by atoms with Gasteiger partial charge in [0.15, 0.2) is 0 Å². The summed E-state index contributed by atoms with van der Waals surface area (Å²) in [5, 5.41) is 4.17. The number of hydrogen-bond acceptors (Lipinski definition) is 5. The number of likely N-dealkylation sites (tertiary alicyclic amines) is 1. The minimum Gasteiger partial charge on any atom is -0.336 e. The summed E-state index contributed by atoms with van der Waals surface area (Å²) in [5.74, 6) is -0.00656. The van der Waals surface area contributed by atoms with Crippen LogP contribution in [0.2, 0.25) is 0 Å². The summed E-state index contributed by atoms with van der Waals surface area (Å²) >= 11 is 0. The van der Waals surface area contributed by atoms with Crippen molar-refractivity contribution in [3.05, 3.63) is 36.4 Å². The molecule has 2 aromatic rings. The molecule has 0 aromatic carbocycles. The molecule has 1 aliphatic rings. The molecule has 3 heterocycles. The topological polar surface area (TPSA) is 76.8 Å². The van der Waals surface area contributed by atoms with Crippen molar-refractivity contribution in [2.24, 2.45) is 0 Å². The zero-order valence-corrected chi connectivity index (χ0v) is 11.3. The van der Waals surface area contributed by atoms with Gasteiger partial charge in [-0.25, -0.2) is 19.6 Å². The second kappa shape index (κ2) is 5.36. The van der Waals surface area contributed by atoms with Gasteiger partial charge in [-0.05, 0) is 19.8 Å². The molecule has 0 unspecified atom stereocenters. The van der Waals surface area contributed by atoms with Gasteiger partial charge in [-0.2, -0.15) is 5.10 Å². The van der Waals surface area contributed by atoms with Crippen molar-refractivity contribution in [3.63, 3.8) is 0 Å². The van der Waals surface area contributed by atoms with Gasteiger partial charge in [-0.3, -0.25) is 4.79 Å². The van der Waals surface area contributed by atoms with Gasteiger partial charge in [0.25, 0.3) is 5.91 Å². The van der Waals surface area contributed by atoms with Crippen molar-refractivity contribution in [2.75, 3.05) is 13.1 Å². The minimum atomic E-state index is -0.00656. The van der Waals surface area contributed by atoms with Crippen LogP contribution in [0, 0.1) is 6.92 Å². The van der Waals surface area contributed by atoms with Gasteiger partial charge in [0, 0.05) is 19.3 Å². The van der Waals surface area contributed by atoms with Crippen LogP contribution in [-0.4, -0.2) is 48.6 Å². The summed E-state index contributed by atoms with van der Waals surface area (Å²) in [4.78, 5) is 26.4. The number of amides is 1. The fourth-order valence-electron chi connectivity index (χ4n) is 2.53. The van der Waals surface area contributed by atoms with Crippen molar-refractivity contribution in [2.45, 2.75) is 25.8 Å². The van der Waals surface area contributed by atoms with E-state index in [1.165, 1.54) is 12.7 Å². The first-order valence-electron chi connectivity index (χ1n) is 6.65. The Bertz CT molecular complexity index is 597. The monoisotopic (exact) mass is 272 g/mol. The van der Waals surface area contributed by atoms with Gasteiger partial charge in [0.05, 0.1) is 17.3 Å². The molecule has 1 fully saturated rings. The van der Waals surface area contributed by atoms with E-state index in [-0.39, 0.29) is 11.9 Å². The number of hydrogen-bond donors (Lipinski definition) is 0. The Hall–Kier alpha value is -2.31. The summed E-state index contributed by atoms with van der Waals surface area (Å²) in [6.45, 7) is 3.24. The lowest BCUT2D eigenvalue weighted by Gasteiger charge is -2.32. The third-order valence-corrected chi connectivity index (χ3v) is 3.64. The lowest BCUT2D eigenvalue weighted by atomic mass is 10.0. The molecule has 0 radical (unpaired) electrons. The fourth-order valence-corrected chi connectivity index (χ4v) is 2.53. The van der Waals surface area contributed by atoms with Gasteiger partial charge in [0.1, 0.15) is 19.0 Å². The summed E-state index contributed by atoms with van der Waals surface area (Å²) in [7, 11) is 0. The number of aromatic nitrogens is 5. The Morgan fingerprint density at radius 3 is 3.00 bits per heavy atom. The minimum absolute atomic E-state index is 0.00656. The van der Waals surface area contributed by atoms with Crippen LogP contribution < -0.4 is 0 Å². The third kappa shape index (κ3) is 2.38. The Balaban J connectivity index is 1.77. The van der Waals surface area contributed by atoms with Crippen LogP contribution in [0.15, 0.2) is 25.2 Å². The predicted molar refractivity (Wildman–Crippen MR) is 71.0 cm³/mol. The molecule has 1 aliphatic heterocycles. The first-order chi connectivity index (χ1) is 9.75. The van der Waals surface area contributed by atoms with Crippen molar-refractivity contribution in [3.8, 4) is 0 Å². The van der Waals surface area contributed by atoms with E-state index in [9.17, 15) is 4.79 Å². The molecule has 104 valence electrons. The summed E-state index contributed by atoms with van der Waals surface area (Å²) in [5.41, 5.74) is 1.29. The summed E-state index contributed by atoms with van der Waals surface area (Å²) in [6, 6.07) is 0.195. The first kappa shape index (κ1) is 12.7. The quantitative estimate of drug-likeness (QED) is 0.810. The largest absolute Gasteiger partial charge is 0.336 e. The number of carbonyl (C=O) groups is 1. The maximum Gasteiger partial charge on any atom is 0.257 e. The van der Waals surface area contributed by atoms with E-state index < -0.39 is 0 Å². The number of carbonyl (C=O) groups excluding carboxylic acids is 1. The van der Waals surface area contributed by atoms with Gasteiger partial charge in [0.2, 0.25) is 0 Å². The van der Waals surface area contributed by atoms with E-state index in [4.69, 9.17) is 0 Å². The van der Waals surface area contributed by atoms with Gasteiger partial charge in [-0.1, -0.05) is 0 Å². The Morgan fingerprint density at radius 1 is 1.35 bits per heavy atom. The second-order valence-corrected chi connectivity index (χ2v) is 4.94. The van der Waals surface area contributed by atoms with E-state index in [1.54, 1.807) is 12.5 Å². The molecule has 1 saturated heterocycles. The Labute approximate surface area is 116 Å². The summed E-state index contributed by atoms with van der Waals surface area (Å²) in [6.07, 6.45) is 8.25. The third-order valence-electron chi connectivity index (χ3n) is 3.64. The maximum atomic E-state index is 12.5. The molecule has 1 amide bonds. The Kier molecular flexibility index (Phi) is 3.41. The van der Waals surface area contributed by atoms with Crippen LogP contribution in [-0.2, 0) is 0 Å². The highest BCUT2D eigenvalue weighted by Gasteiger charge is 2.26. The molecule has 3 rings (SSSR count). The Morgan fingerprint density at radius 2 is 2.25 bits per heavy atom. The van der Waals surface area contributed by atoms with E-state index in [1.807, 2.05) is 16.5 Å². The summed E-state index contributed by atoms with van der Waals surface area (Å²) < 4.78 is 1.83. The highest BCUT2D eigenvalue weighted by atomic mass is 16.2. The number of aryl methyl sites for hydroxylation is 1. The lowest BCUT2D eigenvalue weighted by molar-refractivity contribution is 0.0671. The zero-order valence-electron chi connectivity index (χ0n) is 11.3. The lowest BCUT2D eigenvalue weighted by Crippen LogP contribution is -2.41. The van der Waals surface area contributed by atoms with Crippen molar-refractivity contribution in [1.29, 1.82) is 0 Å². The standard InChI is InChI=1S/C13H16N6O/c1-10-12(5-14-7-16-10)13(20)18-4-2-3-11(6-18)19-9-15-8-17-19/h5,7-9,11H,2-4,6H2,1H3/t11-/m0/s1. The zero-order chi connectivity index (χ0) is 13.9. The maximum absolute atomic E-state index is 12.5. The van der Waals surface area contributed by atoms with E-state index in [0.717, 1.165) is 19.4 Å². The normalized spacial score (nSPS) is 19.1. The molecule has 2 aromatic heterocycles. The van der Waals surface area contributed by atoms with E-state index >= 15 is 0 Å². The van der Waals surface area contributed by atoms with Crippen LogP contribution >= 0.6 is 0 Å². The highest BCUT2D eigenvalue weighted by molar-refractivity contribution is 5.94. The van der Waals surface area contributed by atoms with Crippen molar-refractivity contribution in [1.82, 2.24) is 29.6 Å². The van der Waals surface area contributed by atoms with Gasteiger partial charge < -0.3 is 4.90 Å². The molecule has 0 bridgehead atoms. The van der Waals surface area contributed by atoms with Crippen LogP contribution in [0.5, 0.6) is 0 Å². The van der Waals surface area contributed by atoms with E-state index in [0.29, 0.717) is 17.8 Å². The van der Waals surface area contributed by atoms with Crippen molar-refractivity contribution >= 4 is 5.91 Å². The molecule has 0 spiro atoms. The van der Waals surface area contributed by atoms with Crippen LogP contribution in [0.25, 0.3) is 0 Å². The smallest absolute Gasteiger partial charge is 0.257 e. The molecular weight excluding hydrogens is 256 g/mol. The average Bonchev–Trinajstić information content (AvgIpc) is 3.01. The van der Waals surface area contributed by atoms with Crippen LogP contribution in [0.1, 0.15) is 34.9 Å². The SMILES string of the molecule is Cc1ncncc1C(=O)N1CCC[C@H](n2cncn2)C1. The molecule has 0 saturated carbocycles. The molecule has 0 aliphatic carbocycles. The first-order valence-corrected chi connectivity index (χ1v) is 6.65. The second-order valence-electron chi connectivity index (χ2n) is 4.94. The fraction of sp³-hybridized carbons (Fsp3) is 0.462. The van der Waals surface area contributed by atoms with Crippen LogP contribution in [0.3, 0.4) is 0 Å². The number of piperidine rings is 1. The average molecular weight is 272 g/mol. The van der Waals surface area contributed by atoms with Crippen molar-refractivity contribution < 1.29 is 4.79 Å². The molecule has 20 heavy (non-hydrogen) atoms. The number of rotatable bonds is 2. The van der Waals surface area contributed by atoms with Gasteiger partial charge >= 0.3 is 0 Å². The van der Waals surface area contributed by atoms with Crippen LogP contribution in [0.4, 0.5) is 0 Å². The van der Waals surface area contributed by atoms with E-state index in [2.05, 4.69) is 20.1 Å². The number of nitrogens with zero attached hydrogens (tertiary/aromatic N) is 6. The molecule has 7 nitrogen and oxygen atoms in total. The predicted octanol–water partition coefficient (Wildman–Crippen LogP) is 0.854. The van der Waals surface area contributed by atoms with Gasteiger partial charge in [-0.15, -0.1) is 0 Å². The molecule has 1 atom stereocenters. The molecule has 7 heteroatoms.